The molecule has 5 rings (SSSR count). The van der Waals surface area contributed by atoms with Gasteiger partial charge in [-0.25, -0.2) is 4.98 Å². The molecule has 1 aliphatic carbocycles. The lowest BCUT2D eigenvalue weighted by Crippen LogP contribution is -2.67. The molecule has 7 nitrogen and oxygen atoms in total. The van der Waals surface area contributed by atoms with Crippen molar-refractivity contribution in [3.05, 3.63) is 41.3 Å². The lowest BCUT2D eigenvalue weighted by atomic mass is 9.84. The van der Waals surface area contributed by atoms with Crippen molar-refractivity contribution in [1.82, 2.24) is 20.1 Å². The molecule has 2 aromatic heterocycles. The number of aryl methyl sites for hydroxylation is 1. The number of nitrogens with zero attached hydrogens (tertiary/aromatic N) is 3. The van der Waals surface area contributed by atoms with Crippen LogP contribution < -0.4 is 4.74 Å². The largest absolute Gasteiger partial charge is 0.474 e. The number of likely N-dealkylation sites (tertiary alicyclic amines) is 1. The topological polar surface area (TPSA) is 80.3 Å². The fourth-order valence-corrected chi connectivity index (χ4v) is 4.33. The summed E-state index contributed by atoms with van der Waals surface area (Å²) < 4.78 is 12.0. The maximum absolute atomic E-state index is 12.8. The predicted octanol–water partition coefficient (Wildman–Crippen LogP) is 1.75. The van der Waals surface area contributed by atoms with Crippen LogP contribution in [0.5, 0.6) is 5.88 Å². The molecular formula is C19H22N4O3. The van der Waals surface area contributed by atoms with Gasteiger partial charge in [0.2, 0.25) is 5.88 Å². The van der Waals surface area contributed by atoms with E-state index in [0.29, 0.717) is 31.3 Å². The third-order valence-electron chi connectivity index (χ3n) is 5.63. The van der Waals surface area contributed by atoms with Gasteiger partial charge in [0.15, 0.2) is 5.69 Å². The quantitative estimate of drug-likeness (QED) is 0.908. The standard InChI is InChI=1S/C19H22N4O3/c24-18(17-14-4-3-5-15(14)21-22-17)23-11-19(12-23)10-13(7-9-25-19)26-16-6-1-2-8-20-16/h1-2,6,8,13H,3-5,7,9-12H2,(H,21,22). The Hall–Kier alpha value is -2.41. The minimum absolute atomic E-state index is 0.0198. The zero-order valence-corrected chi connectivity index (χ0v) is 14.6. The van der Waals surface area contributed by atoms with E-state index in [1.54, 1.807) is 6.20 Å². The zero-order chi connectivity index (χ0) is 17.6. The second kappa shape index (κ2) is 6.09. The van der Waals surface area contributed by atoms with Crippen molar-refractivity contribution < 1.29 is 14.3 Å². The summed E-state index contributed by atoms with van der Waals surface area (Å²) >= 11 is 0. The lowest BCUT2D eigenvalue weighted by molar-refractivity contribution is -0.174. The number of H-pyrrole nitrogens is 1. The number of amides is 1. The predicted molar refractivity (Wildman–Crippen MR) is 93.1 cm³/mol. The molecule has 1 atom stereocenters. The first-order chi connectivity index (χ1) is 12.7. The van der Waals surface area contributed by atoms with E-state index >= 15 is 0 Å². The van der Waals surface area contributed by atoms with E-state index in [9.17, 15) is 4.79 Å². The van der Waals surface area contributed by atoms with Crippen LogP contribution in [0.2, 0.25) is 0 Å². The number of carbonyl (C=O) groups is 1. The average molecular weight is 354 g/mol. The van der Waals surface area contributed by atoms with Crippen molar-refractivity contribution in [2.45, 2.75) is 43.8 Å². The van der Waals surface area contributed by atoms with E-state index in [2.05, 4.69) is 15.2 Å². The molecule has 0 bridgehead atoms. The second-order valence-electron chi connectivity index (χ2n) is 7.48. The average Bonchev–Trinajstić information content (AvgIpc) is 3.24. The summed E-state index contributed by atoms with van der Waals surface area (Å²) in [5.41, 5.74) is 2.55. The van der Waals surface area contributed by atoms with Crippen molar-refractivity contribution in [3.63, 3.8) is 0 Å². The molecule has 3 aliphatic rings. The fraction of sp³-hybridized carbons (Fsp3) is 0.526. The number of hydrogen-bond donors (Lipinski definition) is 1. The molecule has 1 unspecified atom stereocenters. The van der Waals surface area contributed by atoms with Gasteiger partial charge < -0.3 is 14.4 Å². The highest BCUT2D eigenvalue weighted by molar-refractivity contribution is 5.95. The number of fused-ring (bicyclic) bond motifs is 1. The Kier molecular flexibility index (Phi) is 3.70. The van der Waals surface area contributed by atoms with Crippen molar-refractivity contribution >= 4 is 5.91 Å². The zero-order valence-electron chi connectivity index (χ0n) is 14.6. The molecule has 0 saturated carbocycles. The van der Waals surface area contributed by atoms with Crippen LogP contribution >= 0.6 is 0 Å². The molecule has 1 spiro atoms. The van der Waals surface area contributed by atoms with E-state index in [4.69, 9.17) is 9.47 Å². The van der Waals surface area contributed by atoms with Crippen LogP contribution in [0.3, 0.4) is 0 Å². The highest BCUT2D eigenvalue weighted by atomic mass is 16.5. The summed E-state index contributed by atoms with van der Waals surface area (Å²) in [6.07, 6.45) is 6.48. The molecule has 136 valence electrons. The Morgan fingerprint density at radius 2 is 2.27 bits per heavy atom. The second-order valence-corrected chi connectivity index (χ2v) is 7.48. The monoisotopic (exact) mass is 354 g/mol. The molecule has 7 heteroatoms. The van der Waals surface area contributed by atoms with E-state index in [1.165, 1.54) is 0 Å². The van der Waals surface area contributed by atoms with Crippen LogP contribution in [-0.2, 0) is 17.6 Å². The third kappa shape index (κ3) is 2.67. The Balaban J connectivity index is 1.23. The molecule has 1 amide bonds. The van der Waals surface area contributed by atoms with E-state index < -0.39 is 0 Å². The first kappa shape index (κ1) is 15.8. The smallest absolute Gasteiger partial charge is 0.274 e. The van der Waals surface area contributed by atoms with Gasteiger partial charge in [-0.1, -0.05) is 6.07 Å². The van der Waals surface area contributed by atoms with Crippen molar-refractivity contribution in [2.75, 3.05) is 19.7 Å². The minimum Gasteiger partial charge on any atom is -0.474 e. The van der Waals surface area contributed by atoms with Crippen LogP contribution in [0, 0.1) is 0 Å². The number of nitrogens with one attached hydrogen (secondary N) is 1. The summed E-state index contributed by atoms with van der Waals surface area (Å²) in [6, 6.07) is 5.67. The molecule has 1 N–H and O–H groups in total. The summed E-state index contributed by atoms with van der Waals surface area (Å²) in [7, 11) is 0. The first-order valence-electron chi connectivity index (χ1n) is 9.29. The van der Waals surface area contributed by atoms with E-state index in [-0.39, 0.29) is 17.6 Å². The molecule has 0 aromatic carbocycles. The molecule has 26 heavy (non-hydrogen) atoms. The molecule has 2 saturated heterocycles. The number of aromatic nitrogens is 3. The lowest BCUT2D eigenvalue weighted by Gasteiger charge is -2.52. The van der Waals surface area contributed by atoms with Crippen molar-refractivity contribution in [3.8, 4) is 5.88 Å². The summed E-state index contributed by atoms with van der Waals surface area (Å²) in [5, 5.41) is 7.27. The van der Waals surface area contributed by atoms with Gasteiger partial charge in [0.1, 0.15) is 11.7 Å². The Morgan fingerprint density at radius 3 is 3.12 bits per heavy atom. The van der Waals surface area contributed by atoms with Gasteiger partial charge in [-0.2, -0.15) is 5.10 Å². The SMILES string of the molecule is O=C(c1n[nH]c2c1CCC2)N1CC2(CC(Oc3ccccn3)CCO2)C1. The van der Waals surface area contributed by atoms with Gasteiger partial charge >= 0.3 is 0 Å². The van der Waals surface area contributed by atoms with Crippen LogP contribution in [0.25, 0.3) is 0 Å². The van der Waals surface area contributed by atoms with Crippen LogP contribution in [0.4, 0.5) is 0 Å². The highest BCUT2D eigenvalue weighted by Gasteiger charge is 2.50. The van der Waals surface area contributed by atoms with Gasteiger partial charge in [0.25, 0.3) is 5.91 Å². The number of pyridine rings is 1. The summed E-state index contributed by atoms with van der Waals surface area (Å²) in [4.78, 5) is 18.9. The number of aromatic amines is 1. The first-order valence-corrected chi connectivity index (χ1v) is 9.29. The van der Waals surface area contributed by atoms with Gasteiger partial charge in [-0.05, 0) is 25.3 Å². The molecule has 0 radical (unpaired) electrons. The maximum atomic E-state index is 12.8. The molecule has 2 aromatic rings. The molecule has 2 fully saturated rings. The number of rotatable bonds is 3. The molecular weight excluding hydrogens is 332 g/mol. The van der Waals surface area contributed by atoms with Crippen molar-refractivity contribution in [1.29, 1.82) is 0 Å². The molecule has 2 aliphatic heterocycles. The van der Waals surface area contributed by atoms with Gasteiger partial charge in [-0.15, -0.1) is 0 Å². The Labute approximate surface area is 151 Å². The van der Waals surface area contributed by atoms with Crippen LogP contribution in [0.15, 0.2) is 24.4 Å². The van der Waals surface area contributed by atoms with E-state index in [1.807, 2.05) is 23.1 Å². The van der Waals surface area contributed by atoms with Gasteiger partial charge in [0, 0.05) is 36.4 Å². The van der Waals surface area contributed by atoms with Gasteiger partial charge in [0.05, 0.1) is 19.7 Å². The Bertz CT molecular complexity index is 813. The van der Waals surface area contributed by atoms with Gasteiger partial charge in [-0.3, -0.25) is 9.89 Å². The summed E-state index contributed by atoms with van der Waals surface area (Å²) in [6.45, 7) is 1.86. The minimum atomic E-state index is -0.285. The normalized spacial score (nSPS) is 23.5. The maximum Gasteiger partial charge on any atom is 0.274 e. The highest BCUT2D eigenvalue weighted by Crippen LogP contribution is 2.37. The van der Waals surface area contributed by atoms with E-state index in [0.717, 1.165) is 43.4 Å². The number of ether oxygens (including phenoxy) is 2. The Morgan fingerprint density at radius 1 is 1.35 bits per heavy atom. The number of carbonyl (C=O) groups excluding carboxylic acids is 1. The van der Waals surface area contributed by atoms with Crippen LogP contribution in [0.1, 0.15) is 41.0 Å². The van der Waals surface area contributed by atoms with Crippen LogP contribution in [-0.4, -0.2) is 57.4 Å². The summed E-state index contributed by atoms with van der Waals surface area (Å²) in [5.74, 6) is 0.667. The number of hydrogen-bond acceptors (Lipinski definition) is 5. The van der Waals surface area contributed by atoms with Crippen molar-refractivity contribution in [2.24, 2.45) is 0 Å². The molecule has 4 heterocycles. The third-order valence-corrected chi connectivity index (χ3v) is 5.63. The fourth-order valence-electron chi connectivity index (χ4n) is 4.33.